The van der Waals surface area contributed by atoms with Crippen molar-refractivity contribution in [3.8, 4) is 5.75 Å². The van der Waals surface area contributed by atoms with E-state index in [-0.39, 0.29) is 12.2 Å². The normalized spacial score (nSPS) is 17.0. The molecule has 1 atom stereocenters. The first-order valence-electron chi connectivity index (χ1n) is 7.69. The van der Waals surface area contributed by atoms with Crippen molar-refractivity contribution >= 4 is 11.0 Å². The summed E-state index contributed by atoms with van der Waals surface area (Å²) >= 11 is 0. The monoisotopic (exact) mass is 303 g/mol. The molecule has 1 saturated heterocycles. The predicted molar refractivity (Wildman–Crippen MR) is 84.4 cm³/mol. The highest BCUT2D eigenvalue weighted by Gasteiger charge is 2.16. The van der Waals surface area contributed by atoms with Crippen LogP contribution in [0.4, 0.5) is 0 Å². The zero-order valence-corrected chi connectivity index (χ0v) is 12.7. The SMILES string of the molecule is Cc1cc(=O)oc2cc(OC[C@H](O)CN3CCCC3)ccc12. The van der Waals surface area contributed by atoms with Crippen LogP contribution < -0.4 is 10.4 Å². The van der Waals surface area contributed by atoms with Crippen molar-refractivity contribution < 1.29 is 14.3 Å². The highest BCUT2D eigenvalue weighted by molar-refractivity contribution is 5.81. The first-order valence-corrected chi connectivity index (χ1v) is 7.69. The molecule has 5 heteroatoms. The fourth-order valence-electron chi connectivity index (χ4n) is 2.90. The quantitative estimate of drug-likeness (QED) is 0.855. The number of aliphatic hydroxyl groups is 1. The molecule has 3 rings (SSSR count). The molecule has 1 N–H and O–H groups in total. The fourth-order valence-corrected chi connectivity index (χ4v) is 2.90. The minimum Gasteiger partial charge on any atom is -0.491 e. The zero-order valence-electron chi connectivity index (χ0n) is 12.7. The third kappa shape index (κ3) is 3.48. The Labute approximate surface area is 129 Å². The van der Waals surface area contributed by atoms with Crippen LogP contribution in [0.3, 0.4) is 0 Å². The Kier molecular flexibility index (Phi) is 4.45. The van der Waals surface area contributed by atoms with E-state index in [4.69, 9.17) is 9.15 Å². The lowest BCUT2D eigenvalue weighted by Crippen LogP contribution is -2.33. The number of rotatable bonds is 5. The van der Waals surface area contributed by atoms with Crippen molar-refractivity contribution in [2.45, 2.75) is 25.9 Å². The van der Waals surface area contributed by atoms with Gasteiger partial charge in [0.2, 0.25) is 0 Å². The van der Waals surface area contributed by atoms with Gasteiger partial charge < -0.3 is 19.2 Å². The van der Waals surface area contributed by atoms with Crippen LogP contribution in [-0.4, -0.2) is 42.4 Å². The highest BCUT2D eigenvalue weighted by Crippen LogP contribution is 2.22. The summed E-state index contributed by atoms with van der Waals surface area (Å²) in [7, 11) is 0. The Morgan fingerprint density at radius 1 is 1.32 bits per heavy atom. The van der Waals surface area contributed by atoms with Crippen LogP contribution in [0.2, 0.25) is 0 Å². The number of hydrogen-bond donors (Lipinski definition) is 1. The van der Waals surface area contributed by atoms with Gasteiger partial charge in [0.15, 0.2) is 0 Å². The molecule has 5 nitrogen and oxygen atoms in total. The third-order valence-electron chi connectivity index (χ3n) is 4.03. The van der Waals surface area contributed by atoms with E-state index in [1.165, 1.54) is 18.9 Å². The molecule has 0 aliphatic carbocycles. The van der Waals surface area contributed by atoms with Crippen molar-refractivity contribution in [2.24, 2.45) is 0 Å². The van der Waals surface area contributed by atoms with E-state index in [0.717, 1.165) is 24.0 Å². The number of likely N-dealkylation sites (tertiary alicyclic amines) is 1. The maximum Gasteiger partial charge on any atom is 0.336 e. The second-order valence-electron chi connectivity index (χ2n) is 5.88. The molecule has 2 aromatic rings. The van der Waals surface area contributed by atoms with Gasteiger partial charge in [0, 0.05) is 24.1 Å². The summed E-state index contributed by atoms with van der Waals surface area (Å²) < 4.78 is 10.8. The van der Waals surface area contributed by atoms with Crippen LogP contribution in [0.15, 0.2) is 33.5 Å². The first-order chi connectivity index (χ1) is 10.6. The average Bonchev–Trinajstić information content (AvgIpc) is 2.97. The fraction of sp³-hybridized carbons (Fsp3) is 0.471. The van der Waals surface area contributed by atoms with Crippen molar-refractivity contribution in [2.75, 3.05) is 26.2 Å². The smallest absolute Gasteiger partial charge is 0.336 e. The van der Waals surface area contributed by atoms with Gasteiger partial charge in [-0.1, -0.05) is 0 Å². The Morgan fingerprint density at radius 3 is 2.86 bits per heavy atom. The van der Waals surface area contributed by atoms with Crippen LogP contribution in [0.25, 0.3) is 11.0 Å². The molecule has 1 aliphatic heterocycles. The van der Waals surface area contributed by atoms with Gasteiger partial charge in [-0.2, -0.15) is 0 Å². The number of fused-ring (bicyclic) bond motifs is 1. The second kappa shape index (κ2) is 6.50. The van der Waals surface area contributed by atoms with Gasteiger partial charge in [0.1, 0.15) is 24.0 Å². The number of β-amino-alcohol motifs (C(OH)–C–C–N with tert-alkyl or cyclic N) is 1. The number of ether oxygens (including phenoxy) is 1. The van der Waals surface area contributed by atoms with Gasteiger partial charge in [-0.3, -0.25) is 0 Å². The first kappa shape index (κ1) is 15.1. The van der Waals surface area contributed by atoms with Gasteiger partial charge >= 0.3 is 5.63 Å². The van der Waals surface area contributed by atoms with Crippen molar-refractivity contribution in [1.82, 2.24) is 4.90 Å². The average molecular weight is 303 g/mol. The molecular weight excluding hydrogens is 282 g/mol. The largest absolute Gasteiger partial charge is 0.491 e. The molecule has 1 aliphatic rings. The van der Waals surface area contributed by atoms with E-state index in [1.54, 1.807) is 6.07 Å². The third-order valence-corrected chi connectivity index (χ3v) is 4.03. The maximum absolute atomic E-state index is 11.4. The molecule has 0 unspecified atom stereocenters. The van der Waals surface area contributed by atoms with Crippen LogP contribution in [0.5, 0.6) is 5.75 Å². The van der Waals surface area contributed by atoms with Gasteiger partial charge in [0.25, 0.3) is 0 Å². The van der Waals surface area contributed by atoms with Crippen molar-refractivity contribution in [3.05, 3.63) is 40.2 Å². The van der Waals surface area contributed by atoms with E-state index < -0.39 is 6.10 Å². The summed E-state index contributed by atoms with van der Waals surface area (Å²) in [6.45, 7) is 4.86. The molecule has 0 amide bonds. The van der Waals surface area contributed by atoms with Crippen LogP contribution in [0, 0.1) is 6.92 Å². The summed E-state index contributed by atoms with van der Waals surface area (Å²) in [6.07, 6.45) is 1.89. The molecule has 0 saturated carbocycles. The highest BCUT2D eigenvalue weighted by atomic mass is 16.5. The lowest BCUT2D eigenvalue weighted by Gasteiger charge is -2.19. The Balaban J connectivity index is 1.64. The lowest BCUT2D eigenvalue weighted by atomic mass is 10.1. The minimum absolute atomic E-state index is 0.234. The topological polar surface area (TPSA) is 62.9 Å². The Bertz CT molecular complexity index is 703. The van der Waals surface area contributed by atoms with E-state index in [2.05, 4.69) is 4.90 Å². The summed E-state index contributed by atoms with van der Waals surface area (Å²) in [5.74, 6) is 0.599. The molecule has 1 aromatic heterocycles. The molecule has 0 spiro atoms. The molecule has 1 fully saturated rings. The molecule has 0 bridgehead atoms. The van der Waals surface area contributed by atoms with E-state index in [9.17, 15) is 9.90 Å². The van der Waals surface area contributed by atoms with Crippen LogP contribution in [0.1, 0.15) is 18.4 Å². The van der Waals surface area contributed by atoms with Gasteiger partial charge in [-0.05, 0) is 50.6 Å². The van der Waals surface area contributed by atoms with Gasteiger partial charge in [-0.25, -0.2) is 4.79 Å². The number of aliphatic hydroxyl groups excluding tert-OH is 1. The Hall–Kier alpha value is -1.85. The number of hydrogen-bond acceptors (Lipinski definition) is 5. The molecule has 2 heterocycles. The number of aryl methyl sites for hydroxylation is 1. The molecule has 22 heavy (non-hydrogen) atoms. The summed E-state index contributed by atoms with van der Waals surface area (Å²) in [4.78, 5) is 13.7. The summed E-state index contributed by atoms with van der Waals surface area (Å²) in [5.41, 5.74) is 1.03. The second-order valence-corrected chi connectivity index (χ2v) is 5.88. The Morgan fingerprint density at radius 2 is 2.09 bits per heavy atom. The standard InChI is InChI=1S/C17H21NO4/c1-12-8-17(20)22-16-9-14(4-5-15(12)16)21-11-13(19)10-18-6-2-3-7-18/h4-5,8-9,13,19H,2-3,6-7,10-11H2,1H3/t13-/m1/s1. The molecule has 0 radical (unpaired) electrons. The van der Waals surface area contributed by atoms with Crippen molar-refractivity contribution in [3.63, 3.8) is 0 Å². The van der Waals surface area contributed by atoms with E-state index in [0.29, 0.717) is 17.9 Å². The summed E-state index contributed by atoms with van der Waals surface area (Å²) in [6, 6.07) is 6.88. The molecular formula is C17H21NO4. The van der Waals surface area contributed by atoms with Gasteiger partial charge in [-0.15, -0.1) is 0 Å². The van der Waals surface area contributed by atoms with E-state index in [1.807, 2.05) is 19.1 Å². The van der Waals surface area contributed by atoms with Crippen LogP contribution in [-0.2, 0) is 0 Å². The number of nitrogens with zero attached hydrogens (tertiary/aromatic N) is 1. The van der Waals surface area contributed by atoms with Crippen LogP contribution >= 0.6 is 0 Å². The number of benzene rings is 1. The predicted octanol–water partition coefficient (Wildman–Crippen LogP) is 1.94. The lowest BCUT2D eigenvalue weighted by molar-refractivity contribution is 0.0758. The summed E-state index contributed by atoms with van der Waals surface area (Å²) in [5, 5.41) is 10.9. The minimum atomic E-state index is -0.515. The van der Waals surface area contributed by atoms with E-state index >= 15 is 0 Å². The maximum atomic E-state index is 11.4. The van der Waals surface area contributed by atoms with Crippen molar-refractivity contribution in [1.29, 1.82) is 0 Å². The molecule has 118 valence electrons. The van der Waals surface area contributed by atoms with Gasteiger partial charge in [0.05, 0.1) is 0 Å². The molecule has 1 aromatic carbocycles. The zero-order chi connectivity index (χ0) is 15.5.